The highest BCUT2D eigenvalue weighted by Gasteiger charge is 2.21. The molecule has 0 radical (unpaired) electrons. The monoisotopic (exact) mass is 230 g/mol. The number of hydrogen-bond acceptors (Lipinski definition) is 3. The van der Waals surface area contributed by atoms with Crippen molar-refractivity contribution in [1.82, 2.24) is 10.3 Å². The Balaban J connectivity index is 2.03. The van der Waals surface area contributed by atoms with Gasteiger partial charge in [-0.05, 0) is 37.1 Å². The van der Waals surface area contributed by atoms with Crippen LogP contribution in [0.2, 0.25) is 0 Å². The van der Waals surface area contributed by atoms with E-state index in [-0.39, 0.29) is 0 Å². The van der Waals surface area contributed by atoms with Crippen molar-refractivity contribution in [2.45, 2.75) is 18.9 Å². The van der Waals surface area contributed by atoms with Crippen molar-refractivity contribution in [2.75, 3.05) is 7.05 Å². The van der Waals surface area contributed by atoms with E-state index in [9.17, 15) is 4.79 Å². The summed E-state index contributed by atoms with van der Waals surface area (Å²) in [6, 6.07) is 6.75. The number of aryl methyl sites for hydroxylation is 1. The van der Waals surface area contributed by atoms with E-state index in [1.54, 1.807) is 0 Å². The molecule has 1 atom stereocenters. The third-order valence-corrected chi connectivity index (χ3v) is 3.40. The lowest BCUT2D eigenvalue weighted by atomic mass is 10.0. The van der Waals surface area contributed by atoms with E-state index in [2.05, 4.69) is 22.4 Å². The van der Waals surface area contributed by atoms with Crippen LogP contribution in [0.25, 0.3) is 11.3 Å². The molecule has 2 aromatic rings. The van der Waals surface area contributed by atoms with E-state index < -0.39 is 5.76 Å². The number of benzene rings is 1. The Morgan fingerprint density at radius 3 is 3.06 bits per heavy atom. The fourth-order valence-corrected chi connectivity index (χ4v) is 2.51. The van der Waals surface area contributed by atoms with Gasteiger partial charge in [0.2, 0.25) is 0 Å². The molecule has 0 amide bonds. The summed E-state index contributed by atoms with van der Waals surface area (Å²) in [6.45, 7) is 0. The molecule has 1 aliphatic rings. The minimum absolute atomic E-state index is 0.409. The molecule has 4 nitrogen and oxygen atoms in total. The van der Waals surface area contributed by atoms with Gasteiger partial charge in [-0.25, -0.2) is 4.79 Å². The fourth-order valence-electron chi connectivity index (χ4n) is 2.51. The molecule has 0 fully saturated rings. The second kappa shape index (κ2) is 3.89. The summed E-state index contributed by atoms with van der Waals surface area (Å²) >= 11 is 0. The van der Waals surface area contributed by atoms with Crippen LogP contribution < -0.4 is 11.1 Å². The third-order valence-electron chi connectivity index (χ3n) is 3.40. The molecular formula is C13H14N2O2. The maximum absolute atomic E-state index is 11.0. The Morgan fingerprint density at radius 1 is 1.47 bits per heavy atom. The van der Waals surface area contributed by atoms with Gasteiger partial charge in [-0.3, -0.25) is 4.98 Å². The van der Waals surface area contributed by atoms with E-state index >= 15 is 0 Å². The molecule has 1 aromatic carbocycles. The maximum atomic E-state index is 11.0. The molecule has 3 rings (SSSR count). The van der Waals surface area contributed by atoms with Gasteiger partial charge in [-0.2, -0.15) is 0 Å². The topological polar surface area (TPSA) is 58.0 Å². The minimum Gasteiger partial charge on any atom is -0.416 e. The fraction of sp³-hybridized carbons (Fsp3) is 0.308. The van der Waals surface area contributed by atoms with Crippen LogP contribution >= 0.6 is 0 Å². The molecule has 0 unspecified atom stereocenters. The molecule has 0 aliphatic heterocycles. The number of hydrogen-bond donors (Lipinski definition) is 2. The normalized spacial score (nSPS) is 18.3. The van der Waals surface area contributed by atoms with Crippen molar-refractivity contribution in [2.24, 2.45) is 0 Å². The molecule has 1 aromatic heterocycles. The van der Waals surface area contributed by atoms with Crippen molar-refractivity contribution >= 4 is 0 Å². The van der Waals surface area contributed by atoms with Crippen molar-refractivity contribution in [3.63, 3.8) is 0 Å². The zero-order chi connectivity index (χ0) is 11.8. The Bertz CT molecular complexity index is 597. The number of oxazole rings is 1. The number of nitrogens with one attached hydrogen (secondary N) is 2. The molecule has 0 saturated heterocycles. The standard InChI is InChI=1S/C13H14N2O2/c1-14-11-5-3-8-6-9(2-4-10(8)11)12-7-17-13(16)15-12/h2,4,6-7,11,14H,3,5H2,1H3,(H,15,16)/t11-/m0/s1. The van der Waals surface area contributed by atoms with Crippen LogP contribution in [-0.4, -0.2) is 12.0 Å². The molecule has 0 spiro atoms. The van der Waals surface area contributed by atoms with Crippen LogP contribution in [0.4, 0.5) is 0 Å². The lowest BCUT2D eigenvalue weighted by Gasteiger charge is -2.10. The first-order valence-corrected chi connectivity index (χ1v) is 5.76. The predicted molar refractivity (Wildman–Crippen MR) is 64.9 cm³/mol. The largest absolute Gasteiger partial charge is 0.416 e. The van der Waals surface area contributed by atoms with Crippen molar-refractivity contribution < 1.29 is 4.42 Å². The summed E-state index contributed by atoms with van der Waals surface area (Å²) in [6.07, 6.45) is 3.68. The van der Waals surface area contributed by atoms with Gasteiger partial charge in [-0.15, -0.1) is 0 Å². The molecule has 1 aliphatic carbocycles. The third kappa shape index (κ3) is 1.70. The molecule has 17 heavy (non-hydrogen) atoms. The number of aromatic nitrogens is 1. The SMILES string of the molecule is CN[C@H]1CCc2cc(-c3coc(=O)[nH]3)ccc21. The first-order chi connectivity index (χ1) is 8.28. The second-order valence-corrected chi connectivity index (χ2v) is 4.36. The second-order valence-electron chi connectivity index (χ2n) is 4.36. The minimum atomic E-state index is -0.409. The highest BCUT2D eigenvalue weighted by atomic mass is 16.4. The molecule has 2 N–H and O–H groups in total. The summed E-state index contributed by atoms with van der Waals surface area (Å²) in [4.78, 5) is 13.6. The van der Waals surface area contributed by atoms with E-state index in [1.807, 2.05) is 13.1 Å². The molecule has 0 bridgehead atoms. The lowest BCUT2D eigenvalue weighted by molar-refractivity contribution is 0.515. The van der Waals surface area contributed by atoms with Gasteiger partial charge in [0.05, 0.1) is 5.69 Å². The zero-order valence-electron chi connectivity index (χ0n) is 9.62. The Morgan fingerprint density at radius 2 is 2.35 bits per heavy atom. The Labute approximate surface area is 98.7 Å². The molecule has 88 valence electrons. The van der Waals surface area contributed by atoms with E-state index in [4.69, 9.17) is 4.42 Å². The van der Waals surface area contributed by atoms with Gasteiger partial charge in [-0.1, -0.05) is 12.1 Å². The Hall–Kier alpha value is -1.81. The first-order valence-electron chi connectivity index (χ1n) is 5.76. The van der Waals surface area contributed by atoms with Gasteiger partial charge in [0.1, 0.15) is 6.26 Å². The summed E-state index contributed by atoms with van der Waals surface area (Å²) in [5, 5.41) is 3.31. The molecule has 0 saturated carbocycles. The van der Waals surface area contributed by atoms with Crippen LogP contribution in [0, 0.1) is 0 Å². The predicted octanol–water partition coefficient (Wildman–Crippen LogP) is 1.84. The van der Waals surface area contributed by atoms with E-state index in [0.717, 1.165) is 24.1 Å². The van der Waals surface area contributed by atoms with Gasteiger partial charge >= 0.3 is 5.76 Å². The van der Waals surface area contributed by atoms with E-state index in [0.29, 0.717) is 6.04 Å². The zero-order valence-corrected chi connectivity index (χ0v) is 9.62. The number of aromatic amines is 1. The van der Waals surface area contributed by atoms with Crippen LogP contribution in [0.3, 0.4) is 0 Å². The summed E-state index contributed by atoms with van der Waals surface area (Å²) < 4.78 is 4.76. The molecule has 4 heteroatoms. The van der Waals surface area contributed by atoms with Crippen molar-refractivity contribution in [3.05, 3.63) is 46.1 Å². The van der Waals surface area contributed by atoms with Gasteiger partial charge in [0, 0.05) is 11.6 Å². The first kappa shape index (κ1) is 10.4. The smallest absolute Gasteiger partial charge is 0.416 e. The average molecular weight is 230 g/mol. The van der Waals surface area contributed by atoms with Gasteiger partial charge < -0.3 is 9.73 Å². The van der Waals surface area contributed by atoms with E-state index in [1.165, 1.54) is 17.4 Å². The quantitative estimate of drug-likeness (QED) is 0.827. The van der Waals surface area contributed by atoms with Crippen LogP contribution in [0.15, 0.2) is 33.7 Å². The van der Waals surface area contributed by atoms with Crippen LogP contribution in [0.1, 0.15) is 23.6 Å². The van der Waals surface area contributed by atoms with Crippen LogP contribution in [-0.2, 0) is 6.42 Å². The van der Waals surface area contributed by atoms with Crippen molar-refractivity contribution in [1.29, 1.82) is 0 Å². The number of fused-ring (bicyclic) bond motifs is 1. The lowest BCUT2D eigenvalue weighted by Crippen LogP contribution is -2.12. The number of rotatable bonds is 2. The summed E-state index contributed by atoms with van der Waals surface area (Å²) in [5.41, 5.74) is 4.46. The van der Waals surface area contributed by atoms with Gasteiger partial charge in [0.25, 0.3) is 0 Å². The summed E-state index contributed by atoms with van der Waals surface area (Å²) in [5.74, 6) is -0.409. The molecule has 1 heterocycles. The van der Waals surface area contributed by atoms with Crippen molar-refractivity contribution in [3.8, 4) is 11.3 Å². The summed E-state index contributed by atoms with van der Waals surface area (Å²) in [7, 11) is 1.99. The average Bonchev–Trinajstić information content (AvgIpc) is 2.94. The maximum Gasteiger partial charge on any atom is 0.416 e. The number of H-pyrrole nitrogens is 1. The Kier molecular flexibility index (Phi) is 2.37. The van der Waals surface area contributed by atoms with Gasteiger partial charge in [0.15, 0.2) is 0 Å². The highest BCUT2D eigenvalue weighted by Crippen LogP contribution is 2.33. The van der Waals surface area contributed by atoms with Crippen LogP contribution in [0.5, 0.6) is 0 Å². The molecular weight excluding hydrogens is 216 g/mol. The highest BCUT2D eigenvalue weighted by molar-refractivity contribution is 5.60.